The van der Waals surface area contributed by atoms with E-state index < -0.39 is 12.0 Å². The first-order chi connectivity index (χ1) is 8.96. The summed E-state index contributed by atoms with van der Waals surface area (Å²) in [5, 5.41) is 11.5. The van der Waals surface area contributed by atoms with Crippen molar-refractivity contribution in [3.63, 3.8) is 0 Å². The van der Waals surface area contributed by atoms with Crippen molar-refractivity contribution in [3.8, 4) is 0 Å². The molecule has 4 saturated carbocycles. The molecule has 1 amide bonds. The second-order valence-corrected chi connectivity index (χ2v) is 7.22. The van der Waals surface area contributed by atoms with E-state index in [0.29, 0.717) is 6.42 Å². The predicted octanol–water partition coefficient (Wildman–Crippen LogP) is 2.18. The average molecular weight is 265 g/mol. The molecule has 0 saturated heterocycles. The molecule has 0 heterocycles. The fourth-order valence-corrected chi connectivity index (χ4v) is 5.20. The lowest BCUT2D eigenvalue weighted by Crippen LogP contribution is -2.49. The van der Waals surface area contributed by atoms with Crippen molar-refractivity contribution in [2.75, 3.05) is 0 Å². The summed E-state index contributed by atoms with van der Waals surface area (Å²) in [6, 6.07) is -0.776. The predicted molar refractivity (Wildman–Crippen MR) is 70.5 cm³/mol. The standard InChI is InChI=1S/C15H23NO3/c1-9(14(18)19)16-13(17)8-15-5-10-2-11(6-15)4-12(3-10)7-15/h9-12H,2-8H2,1H3,(H,16,17)(H,18,19)/t9-,10?,11?,12?,15?/m1/s1. The Kier molecular flexibility index (Phi) is 3.06. The van der Waals surface area contributed by atoms with Gasteiger partial charge < -0.3 is 10.4 Å². The van der Waals surface area contributed by atoms with Crippen molar-refractivity contribution in [3.05, 3.63) is 0 Å². The van der Waals surface area contributed by atoms with Gasteiger partial charge in [-0.25, -0.2) is 0 Å². The maximum absolute atomic E-state index is 12.1. The zero-order chi connectivity index (χ0) is 13.6. The molecular weight excluding hydrogens is 242 g/mol. The number of hydrogen-bond acceptors (Lipinski definition) is 2. The average Bonchev–Trinajstić information content (AvgIpc) is 2.25. The molecule has 106 valence electrons. The highest BCUT2D eigenvalue weighted by molar-refractivity contribution is 5.83. The minimum absolute atomic E-state index is 0.0724. The molecule has 0 aromatic carbocycles. The highest BCUT2D eigenvalue weighted by Crippen LogP contribution is 2.61. The highest BCUT2D eigenvalue weighted by Gasteiger charge is 2.51. The summed E-state index contributed by atoms with van der Waals surface area (Å²) in [4.78, 5) is 22.9. The second kappa shape index (κ2) is 4.50. The minimum Gasteiger partial charge on any atom is -0.480 e. The van der Waals surface area contributed by atoms with Gasteiger partial charge in [0.25, 0.3) is 0 Å². The van der Waals surface area contributed by atoms with E-state index in [9.17, 15) is 9.59 Å². The molecule has 19 heavy (non-hydrogen) atoms. The molecule has 4 rings (SSSR count). The first-order valence-corrected chi connectivity index (χ1v) is 7.48. The Balaban J connectivity index is 1.63. The third kappa shape index (κ3) is 2.49. The molecule has 4 nitrogen and oxygen atoms in total. The number of hydrogen-bond donors (Lipinski definition) is 2. The fourth-order valence-electron chi connectivity index (χ4n) is 5.20. The van der Waals surface area contributed by atoms with E-state index in [1.165, 1.54) is 45.4 Å². The second-order valence-electron chi connectivity index (χ2n) is 7.22. The zero-order valence-corrected chi connectivity index (χ0v) is 11.5. The summed E-state index contributed by atoms with van der Waals surface area (Å²) in [5.41, 5.74) is 0.192. The van der Waals surface area contributed by atoms with E-state index in [-0.39, 0.29) is 11.3 Å². The van der Waals surface area contributed by atoms with E-state index in [1.54, 1.807) is 0 Å². The summed E-state index contributed by atoms with van der Waals surface area (Å²) < 4.78 is 0. The van der Waals surface area contributed by atoms with Gasteiger partial charge >= 0.3 is 5.97 Å². The minimum atomic E-state index is -0.959. The van der Waals surface area contributed by atoms with Crippen molar-refractivity contribution < 1.29 is 14.7 Å². The van der Waals surface area contributed by atoms with Crippen molar-refractivity contribution in [1.82, 2.24) is 5.32 Å². The van der Waals surface area contributed by atoms with Crippen molar-refractivity contribution in [2.24, 2.45) is 23.2 Å². The van der Waals surface area contributed by atoms with Crippen LogP contribution in [0.3, 0.4) is 0 Å². The van der Waals surface area contributed by atoms with Gasteiger partial charge in [-0.1, -0.05) is 0 Å². The van der Waals surface area contributed by atoms with Gasteiger partial charge in [0.2, 0.25) is 5.91 Å². The number of rotatable bonds is 4. The van der Waals surface area contributed by atoms with Crippen molar-refractivity contribution in [2.45, 2.75) is 57.9 Å². The maximum Gasteiger partial charge on any atom is 0.325 e. The summed E-state index contributed by atoms with van der Waals surface area (Å²) in [6.07, 6.45) is 8.20. The molecule has 0 aliphatic heterocycles. The number of carboxylic acids is 1. The fraction of sp³-hybridized carbons (Fsp3) is 0.867. The van der Waals surface area contributed by atoms with Gasteiger partial charge in [0.1, 0.15) is 6.04 Å². The molecule has 2 N–H and O–H groups in total. The van der Waals surface area contributed by atoms with E-state index in [0.717, 1.165) is 17.8 Å². The third-order valence-electron chi connectivity index (χ3n) is 5.45. The first-order valence-electron chi connectivity index (χ1n) is 7.48. The summed E-state index contributed by atoms with van der Waals surface area (Å²) in [7, 11) is 0. The zero-order valence-electron chi connectivity index (χ0n) is 11.5. The van der Waals surface area contributed by atoms with Crippen LogP contribution in [-0.4, -0.2) is 23.0 Å². The van der Waals surface area contributed by atoms with Crippen molar-refractivity contribution in [1.29, 1.82) is 0 Å². The quantitative estimate of drug-likeness (QED) is 0.818. The van der Waals surface area contributed by atoms with Crippen LogP contribution in [0.1, 0.15) is 51.9 Å². The molecule has 4 aliphatic carbocycles. The number of carbonyl (C=O) groups excluding carboxylic acids is 1. The Bertz CT molecular complexity index is 369. The van der Waals surface area contributed by atoms with Crippen LogP contribution in [-0.2, 0) is 9.59 Å². The van der Waals surface area contributed by atoms with Gasteiger partial charge in [-0.05, 0) is 68.6 Å². The van der Waals surface area contributed by atoms with Gasteiger partial charge in [0.05, 0.1) is 0 Å². The van der Waals surface area contributed by atoms with Crippen LogP contribution in [0.4, 0.5) is 0 Å². The molecule has 0 spiro atoms. The van der Waals surface area contributed by atoms with Crippen LogP contribution in [0, 0.1) is 23.2 Å². The van der Waals surface area contributed by atoms with E-state index in [1.807, 2.05) is 0 Å². The Morgan fingerprint density at radius 3 is 2.05 bits per heavy atom. The Labute approximate surface area is 113 Å². The lowest BCUT2D eigenvalue weighted by molar-refractivity contribution is -0.142. The van der Waals surface area contributed by atoms with Gasteiger partial charge in [-0.15, -0.1) is 0 Å². The van der Waals surface area contributed by atoms with Crippen LogP contribution in [0.5, 0.6) is 0 Å². The van der Waals surface area contributed by atoms with Gasteiger partial charge in [-0.3, -0.25) is 9.59 Å². The highest BCUT2D eigenvalue weighted by atomic mass is 16.4. The van der Waals surface area contributed by atoms with E-state index in [4.69, 9.17) is 5.11 Å². The molecule has 4 aliphatic rings. The Morgan fingerprint density at radius 1 is 1.16 bits per heavy atom. The number of amides is 1. The number of nitrogens with one attached hydrogen (secondary N) is 1. The van der Waals surface area contributed by atoms with Gasteiger partial charge in [0, 0.05) is 6.42 Å². The summed E-state index contributed by atoms with van der Waals surface area (Å²) in [5.74, 6) is 1.46. The Morgan fingerprint density at radius 2 is 1.63 bits per heavy atom. The lowest BCUT2D eigenvalue weighted by atomic mass is 9.49. The van der Waals surface area contributed by atoms with E-state index in [2.05, 4.69) is 5.32 Å². The normalized spacial score (nSPS) is 41.0. The molecule has 4 fully saturated rings. The third-order valence-corrected chi connectivity index (χ3v) is 5.45. The molecular formula is C15H23NO3. The number of carboxylic acid groups (broad SMARTS) is 1. The van der Waals surface area contributed by atoms with Crippen LogP contribution < -0.4 is 5.32 Å². The van der Waals surface area contributed by atoms with Crippen LogP contribution in [0.2, 0.25) is 0 Å². The van der Waals surface area contributed by atoms with Crippen LogP contribution in [0.25, 0.3) is 0 Å². The van der Waals surface area contributed by atoms with E-state index >= 15 is 0 Å². The van der Waals surface area contributed by atoms with Crippen LogP contribution in [0.15, 0.2) is 0 Å². The SMILES string of the molecule is C[C@@H](NC(=O)CC12CC3CC(CC(C3)C1)C2)C(=O)O. The Hall–Kier alpha value is -1.06. The summed E-state index contributed by atoms with van der Waals surface area (Å²) in [6.45, 7) is 1.53. The smallest absolute Gasteiger partial charge is 0.325 e. The number of carbonyl (C=O) groups is 2. The summed E-state index contributed by atoms with van der Waals surface area (Å²) >= 11 is 0. The first kappa shape index (κ1) is 12.9. The molecule has 4 bridgehead atoms. The number of aliphatic carboxylic acids is 1. The van der Waals surface area contributed by atoms with Gasteiger partial charge in [-0.2, -0.15) is 0 Å². The van der Waals surface area contributed by atoms with Crippen molar-refractivity contribution >= 4 is 11.9 Å². The molecule has 4 heteroatoms. The molecule has 0 aromatic heterocycles. The van der Waals surface area contributed by atoms with Gasteiger partial charge in [0.15, 0.2) is 0 Å². The molecule has 0 radical (unpaired) electrons. The maximum atomic E-state index is 12.1. The monoisotopic (exact) mass is 265 g/mol. The van der Waals surface area contributed by atoms with Crippen LogP contribution >= 0.6 is 0 Å². The largest absolute Gasteiger partial charge is 0.480 e. The molecule has 0 unspecified atom stereocenters. The topological polar surface area (TPSA) is 66.4 Å². The molecule has 0 aromatic rings. The molecule has 1 atom stereocenters. The lowest BCUT2D eigenvalue weighted by Gasteiger charge is -2.56.